The molecule has 7 heteroatoms. The Hall–Kier alpha value is -3.21. The molecule has 0 aromatic heterocycles. The molecule has 0 N–H and O–H groups in total. The number of hydrogen-bond acceptors (Lipinski definition) is 7. The molecule has 0 saturated heterocycles. The minimum absolute atomic E-state index is 0.254. The van der Waals surface area contributed by atoms with E-state index >= 15 is 0 Å². The quantitative estimate of drug-likeness (QED) is 0.484. The van der Waals surface area contributed by atoms with Crippen LogP contribution in [0.2, 0.25) is 0 Å². The van der Waals surface area contributed by atoms with Crippen molar-refractivity contribution in [3.63, 3.8) is 0 Å². The van der Waals surface area contributed by atoms with Crippen LogP contribution in [-0.4, -0.2) is 15.6 Å². The first-order chi connectivity index (χ1) is 7.19. The Morgan fingerprint density at radius 2 is 1.60 bits per heavy atom. The fraction of sp³-hybridized carbons (Fsp3) is 0.125. The summed E-state index contributed by atoms with van der Waals surface area (Å²) in [4.78, 5) is 0. The van der Waals surface area contributed by atoms with Gasteiger partial charge in [0.15, 0.2) is 0 Å². The Balaban J connectivity index is 3.44. The van der Waals surface area contributed by atoms with Gasteiger partial charge in [-0.05, 0) is 0 Å². The van der Waals surface area contributed by atoms with Gasteiger partial charge in [-0.1, -0.05) is 0 Å². The van der Waals surface area contributed by atoms with E-state index in [4.69, 9.17) is 26.3 Å². The Labute approximate surface area is 85.1 Å². The molecule has 0 radical (unpaired) electrons. The van der Waals surface area contributed by atoms with Crippen molar-refractivity contribution in [1.29, 1.82) is 26.3 Å². The number of hydrogen-bond donors (Lipinski definition) is 0. The van der Waals surface area contributed by atoms with Crippen molar-refractivity contribution >= 4 is 0 Å². The van der Waals surface area contributed by atoms with Gasteiger partial charge >= 0.3 is 0 Å². The van der Waals surface area contributed by atoms with Crippen LogP contribution in [0.25, 0.3) is 0 Å². The van der Waals surface area contributed by atoms with Crippen LogP contribution in [0, 0.1) is 56.9 Å². The highest BCUT2D eigenvalue weighted by Crippen LogP contribution is 2.31. The fourth-order valence-electron chi connectivity index (χ4n) is 1.10. The predicted octanol–water partition coefficient (Wildman–Crippen LogP) is -0.325. The lowest BCUT2D eigenvalue weighted by Gasteiger charge is -2.23. The van der Waals surface area contributed by atoms with Gasteiger partial charge in [0.25, 0.3) is 5.54 Å². The summed E-state index contributed by atoms with van der Waals surface area (Å²) in [6.07, 6.45) is 4.05. The Bertz CT molecular complexity index is 510. The molecule has 68 valence electrons. The van der Waals surface area contributed by atoms with Crippen molar-refractivity contribution in [3.05, 3.63) is 11.8 Å². The lowest BCUT2D eigenvalue weighted by atomic mass is 9.95. The zero-order chi connectivity index (χ0) is 11.5. The molecule has 0 fully saturated rings. The molecule has 1 heterocycles. The van der Waals surface area contributed by atoms with E-state index in [1.807, 2.05) is 0 Å². The number of hydrazine groups is 1. The van der Waals surface area contributed by atoms with Crippen molar-refractivity contribution < 1.29 is 0 Å². The summed E-state index contributed by atoms with van der Waals surface area (Å²) in [5, 5.41) is 44.9. The third-order valence-electron chi connectivity index (χ3n) is 1.82. The van der Waals surface area contributed by atoms with E-state index in [1.165, 1.54) is 6.19 Å². The van der Waals surface area contributed by atoms with Crippen LogP contribution in [0.1, 0.15) is 0 Å². The van der Waals surface area contributed by atoms with E-state index in [0.29, 0.717) is 10.0 Å². The zero-order valence-corrected chi connectivity index (χ0v) is 7.21. The predicted molar refractivity (Wildman–Crippen MR) is 42.6 cm³/mol. The molecule has 0 aromatic carbocycles. The molecule has 0 saturated carbocycles. The summed E-state index contributed by atoms with van der Waals surface area (Å²) >= 11 is 0. The van der Waals surface area contributed by atoms with Crippen molar-refractivity contribution in [2.45, 2.75) is 5.54 Å². The first-order valence-electron chi connectivity index (χ1n) is 3.54. The molecule has 1 aliphatic rings. The molecule has 0 unspecified atom stereocenters. The van der Waals surface area contributed by atoms with Gasteiger partial charge in [0, 0.05) is 0 Å². The van der Waals surface area contributed by atoms with Gasteiger partial charge in [-0.25, -0.2) is 0 Å². The van der Waals surface area contributed by atoms with Gasteiger partial charge in [-0.3, -0.25) is 0 Å². The van der Waals surface area contributed by atoms with E-state index in [0.717, 1.165) is 6.20 Å². The summed E-state index contributed by atoms with van der Waals surface area (Å²) in [5.74, 6) is 0. The standard InChI is InChI=1S/C8HN7/c9-1-7-2-14(5-12)15(6-13)8(7,3-10)4-11/h2H. The number of nitrogens with zero attached hydrogens (tertiary/aromatic N) is 7. The van der Waals surface area contributed by atoms with Gasteiger partial charge in [0.2, 0.25) is 12.4 Å². The summed E-state index contributed by atoms with van der Waals surface area (Å²) in [7, 11) is 0. The van der Waals surface area contributed by atoms with E-state index in [1.54, 1.807) is 24.4 Å². The summed E-state index contributed by atoms with van der Waals surface area (Å²) in [6, 6.07) is 4.72. The third kappa shape index (κ3) is 1.01. The maximum Gasteiger partial charge on any atom is 0.279 e. The summed E-state index contributed by atoms with van der Waals surface area (Å²) in [6.45, 7) is 0. The second-order valence-electron chi connectivity index (χ2n) is 2.44. The zero-order valence-electron chi connectivity index (χ0n) is 7.21. The van der Waals surface area contributed by atoms with Crippen LogP contribution in [0.15, 0.2) is 11.8 Å². The lowest BCUT2D eigenvalue weighted by molar-refractivity contribution is 0.137. The third-order valence-corrected chi connectivity index (χ3v) is 1.82. The minimum Gasteiger partial charge on any atom is -0.194 e. The molecule has 15 heavy (non-hydrogen) atoms. The molecule has 0 bridgehead atoms. The monoisotopic (exact) mass is 195 g/mol. The van der Waals surface area contributed by atoms with E-state index in [9.17, 15) is 0 Å². The van der Waals surface area contributed by atoms with Crippen LogP contribution >= 0.6 is 0 Å². The van der Waals surface area contributed by atoms with Gasteiger partial charge < -0.3 is 0 Å². The largest absolute Gasteiger partial charge is 0.279 e. The van der Waals surface area contributed by atoms with Gasteiger partial charge in [-0.2, -0.15) is 36.3 Å². The molecule has 0 spiro atoms. The van der Waals surface area contributed by atoms with E-state index < -0.39 is 5.54 Å². The number of rotatable bonds is 0. The molecule has 0 atom stereocenters. The molecule has 1 rings (SSSR count). The normalized spacial score (nSPS) is 16.3. The maximum absolute atomic E-state index is 8.84. The highest BCUT2D eigenvalue weighted by atomic mass is 15.7. The van der Waals surface area contributed by atoms with Crippen LogP contribution < -0.4 is 0 Å². The average molecular weight is 195 g/mol. The van der Waals surface area contributed by atoms with Crippen LogP contribution in [0.4, 0.5) is 0 Å². The van der Waals surface area contributed by atoms with Gasteiger partial charge in [0.05, 0.1) is 6.20 Å². The van der Waals surface area contributed by atoms with E-state index in [-0.39, 0.29) is 5.57 Å². The number of nitriles is 5. The Kier molecular flexibility index (Phi) is 2.15. The second-order valence-corrected chi connectivity index (χ2v) is 2.44. The SMILES string of the molecule is N#CC1=CN(C#N)N(C#N)C1(C#N)C#N. The van der Waals surface area contributed by atoms with Crippen LogP contribution in [0.5, 0.6) is 0 Å². The van der Waals surface area contributed by atoms with E-state index in [2.05, 4.69) is 0 Å². The minimum atomic E-state index is -2.03. The Morgan fingerprint density at radius 3 is 1.93 bits per heavy atom. The van der Waals surface area contributed by atoms with Crippen LogP contribution in [0.3, 0.4) is 0 Å². The lowest BCUT2D eigenvalue weighted by Crippen LogP contribution is -2.45. The molecular weight excluding hydrogens is 194 g/mol. The average Bonchev–Trinajstić information content (AvgIpc) is 2.61. The molecule has 1 aliphatic heterocycles. The van der Waals surface area contributed by atoms with Crippen LogP contribution in [-0.2, 0) is 0 Å². The highest BCUT2D eigenvalue weighted by Gasteiger charge is 2.50. The first-order valence-corrected chi connectivity index (χ1v) is 3.54. The maximum atomic E-state index is 8.84. The molecule has 0 aliphatic carbocycles. The molecule has 0 aromatic rings. The highest BCUT2D eigenvalue weighted by molar-refractivity contribution is 5.51. The second kappa shape index (κ2) is 3.27. The smallest absolute Gasteiger partial charge is 0.194 e. The van der Waals surface area contributed by atoms with Gasteiger partial charge in [-0.15, -0.1) is 0 Å². The van der Waals surface area contributed by atoms with Crippen molar-refractivity contribution in [2.75, 3.05) is 0 Å². The molecular formula is C8HN7. The van der Waals surface area contributed by atoms with Crippen molar-refractivity contribution in [3.8, 4) is 30.6 Å². The van der Waals surface area contributed by atoms with Crippen molar-refractivity contribution in [1.82, 2.24) is 10.0 Å². The summed E-state index contributed by atoms with van der Waals surface area (Å²) < 4.78 is 0. The van der Waals surface area contributed by atoms with Crippen molar-refractivity contribution in [2.24, 2.45) is 0 Å². The topological polar surface area (TPSA) is 125 Å². The molecule has 7 nitrogen and oxygen atoms in total. The Morgan fingerprint density at radius 1 is 1.00 bits per heavy atom. The first kappa shape index (κ1) is 9.87. The fourth-order valence-corrected chi connectivity index (χ4v) is 1.10. The molecule has 0 amide bonds. The van der Waals surface area contributed by atoms with Gasteiger partial charge in [0.1, 0.15) is 23.8 Å². The summed E-state index contributed by atoms with van der Waals surface area (Å²) in [5.41, 5.74) is -2.28.